The minimum atomic E-state index is -0.551. The third kappa shape index (κ3) is 3.99. The molecule has 27 heavy (non-hydrogen) atoms. The van der Waals surface area contributed by atoms with Gasteiger partial charge in [-0.2, -0.15) is 0 Å². The van der Waals surface area contributed by atoms with Crippen molar-refractivity contribution in [3.63, 3.8) is 0 Å². The molecule has 0 fully saturated rings. The van der Waals surface area contributed by atoms with Crippen LogP contribution in [-0.4, -0.2) is 23.2 Å². The van der Waals surface area contributed by atoms with Crippen LogP contribution in [0.3, 0.4) is 0 Å². The number of carbonyl (C=O) groups is 1. The van der Waals surface area contributed by atoms with Crippen molar-refractivity contribution in [2.45, 2.75) is 16.7 Å². The normalized spacial score (nSPS) is 10.9. The molecule has 0 atom stereocenters. The van der Waals surface area contributed by atoms with Crippen molar-refractivity contribution in [1.82, 2.24) is 9.97 Å². The lowest BCUT2D eigenvalue weighted by Gasteiger charge is -2.03. The average molecular weight is 396 g/mol. The number of benzene rings is 2. The van der Waals surface area contributed by atoms with Crippen LogP contribution in [0, 0.1) is 6.92 Å². The van der Waals surface area contributed by atoms with E-state index in [0.29, 0.717) is 5.95 Å². The van der Waals surface area contributed by atoms with E-state index in [2.05, 4.69) is 62.7 Å². The number of anilines is 1. The molecule has 7 heteroatoms. The molecule has 0 spiro atoms. The largest absolute Gasteiger partial charge is 0.453 e. The molecule has 2 aromatic heterocycles. The molecule has 0 unspecified atom stereocenters. The van der Waals surface area contributed by atoms with Crippen LogP contribution >= 0.6 is 23.1 Å². The Morgan fingerprint density at radius 3 is 2.63 bits per heavy atom. The first-order valence-electron chi connectivity index (χ1n) is 8.29. The SMILES string of the molecule is COC(=O)Nc1nc2cc(Sc3ccc(-c4cc(C)cs4)cc3)ccc2[nH]1. The Balaban J connectivity index is 1.51. The molecule has 0 saturated heterocycles. The third-order valence-corrected chi connectivity index (χ3v) is 6.06. The monoisotopic (exact) mass is 395 g/mol. The number of aryl methyl sites for hydroxylation is 1. The highest BCUT2D eigenvalue weighted by atomic mass is 32.2. The standard InChI is InChI=1S/C20H17N3O2S2/c1-12-9-18(26-11-12)13-3-5-14(6-4-13)27-15-7-8-16-17(10-15)22-19(21-16)23-20(24)25-2/h3-11H,1-2H3,(H2,21,22,23,24). The van der Waals surface area contributed by atoms with Crippen molar-refractivity contribution in [1.29, 1.82) is 0 Å². The van der Waals surface area contributed by atoms with Gasteiger partial charge in [0, 0.05) is 14.7 Å². The number of H-pyrrole nitrogens is 1. The first-order chi connectivity index (χ1) is 13.1. The van der Waals surface area contributed by atoms with E-state index in [9.17, 15) is 4.79 Å². The van der Waals surface area contributed by atoms with Crippen molar-refractivity contribution >= 4 is 46.2 Å². The van der Waals surface area contributed by atoms with E-state index < -0.39 is 6.09 Å². The Morgan fingerprint density at radius 2 is 1.93 bits per heavy atom. The predicted molar refractivity (Wildman–Crippen MR) is 111 cm³/mol. The van der Waals surface area contributed by atoms with Gasteiger partial charge < -0.3 is 9.72 Å². The number of hydrogen-bond donors (Lipinski definition) is 2. The smallest absolute Gasteiger partial charge is 0.413 e. The van der Waals surface area contributed by atoms with Gasteiger partial charge in [-0.15, -0.1) is 11.3 Å². The van der Waals surface area contributed by atoms with E-state index in [4.69, 9.17) is 0 Å². The van der Waals surface area contributed by atoms with Gasteiger partial charge in [0.15, 0.2) is 0 Å². The zero-order valence-corrected chi connectivity index (χ0v) is 16.4. The van der Waals surface area contributed by atoms with E-state index in [-0.39, 0.29) is 0 Å². The molecule has 4 aromatic rings. The minimum absolute atomic E-state index is 0.370. The van der Waals surface area contributed by atoms with Crippen LogP contribution < -0.4 is 5.32 Å². The lowest BCUT2D eigenvalue weighted by Crippen LogP contribution is -2.11. The number of aromatic amines is 1. The Labute approximate surface area is 164 Å². The fraction of sp³-hybridized carbons (Fsp3) is 0.100. The molecule has 2 heterocycles. The molecular formula is C20H17N3O2S2. The van der Waals surface area contributed by atoms with Gasteiger partial charge in [-0.1, -0.05) is 23.9 Å². The summed E-state index contributed by atoms with van der Waals surface area (Å²) in [6, 6.07) is 16.8. The summed E-state index contributed by atoms with van der Waals surface area (Å²) in [4.78, 5) is 22.3. The van der Waals surface area contributed by atoms with Crippen LogP contribution in [0.5, 0.6) is 0 Å². The number of amides is 1. The first kappa shape index (κ1) is 17.6. The number of carbonyl (C=O) groups excluding carboxylic acids is 1. The maximum atomic E-state index is 11.3. The molecule has 0 aliphatic rings. The van der Waals surface area contributed by atoms with Crippen LogP contribution in [0.25, 0.3) is 21.5 Å². The van der Waals surface area contributed by atoms with Gasteiger partial charge in [-0.05, 0) is 59.8 Å². The highest BCUT2D eigenvalue weighted by Crippen LogP contribution is 2.33. The summed E-state index contributed by atoms with van der Waals surface area (Å²) in [6.45, 7) is 2.11. The van der Waals surface area contributed by atoms with Crippen molar-refractivity contribution in [3.8, 4) is 10.4 Å². The maximum Gasteiger partial charge on any atom is 0.413 e. The zero-order valence-electron chi connectivity index (χ0n) is 14.8. The second kappa shape index (κ2) is 7.46. The van der Waals surface area contributed by atoms with Crippen LogP contribution in [0.4, 0.5) is 10.7 Å². The third-order valence-electron chi connectivity index (χ3n) is 3.97. The van der Waals surface area contributed by atoms with Crippen molar-refractivity contribution < 1.29 is 9.53 Å². The summed E-state index contributed by atoms with van der Waals surface area (Å²) in [5, 5.41) is 4.71. The second-order valence-corrected chi connectivity index (χ2v) is 8.05. The first-order valence-corrected chi connectivity index (χ1v) is 9.98. The zero-order chi connectivity index (χ0) is 18.8. The Bertz CT molecular complexity index is 1100. The van der Waals surface area contributed by atoms with Gasteiger partial charge in [-0.3, -0.25) is 5.32 Å². The number of hydrogen-bond acceptors (Lipinski definition) is 5. The van der Waals surface area contributed by atoms with Crippen LogP contribution in [-0.2, 0) is 4.74 Å². The van der Waals surface area contributed by atoms with E-state index in [0.717, 1.165) is 20.8 Å². The molecule has 2 aromatic carbocycles. The van der Waals surface area contributed by atoms with Crippen LogP contribution in [0.1, 0.15) is 5.56 Å². The lowest BCUT2D eigenvalue weighted by molar-refractivity contribution is 0.186. The molecule has 0 radical (unpaired) electrons. The summed E-state index contributed by atoms with van der Waals surface area (Å²) >= 11 is 3.44. The molecule has 1 amide bonds. The molecule has 136 valence electrons. The van der Waals surface area contributed by atoms with E-state index in [1.165, 1.54) is 23.1 Å². The average Bonchev–Trinajstić information content (AvgIpc) is 3.27. The summed E-state index contributed by atoms with van der Waals surface area (Å²) in [5.74, 6) is 0.370. The molecule has 4 rings (SSSR count). The second-order valence-electron chi connectivity index (χ2n) is 6.00. The number of ether oxygens (including phenoxy) is 1. The number of aromatic nitrogens is 2. The molecule has 5 nitrogen and oxygen atoms in total. The number of rotatable bonds is 4. The van der Waals surface area contributed by atoms with Gasteiger partial charge >= 0.3 is 6.09 Å². The Kier molecular flexibility index (Phi) is 4.87. The maximum absolute atomic E-state index is 11.3. The number of nitrogens with zero attached hydrogens (tertiary/aromatic N) is 1. The number of thiophene rings is 1. The number of imidazole rings is 1. The number of nitrogens with one attached hydrogen (secondary N) is 2. The predicted octanol–water partition coefficient (Wildman–Crippen LogP) is 5.93. The highest BCUT2D eigenvalue weighted by molar-refractivity contribution is 7.99. The highest BCUT2D eigenvalue weighted by Gasteiger charge is 2.08. The minimum Gasteiger partial charge on any atom is -0.453 e. The molecule has 2 N–H and O–H groups in total. The van der Waals surface area contributed by atoms with Gasteiger partial charge in [0.05, 0.1) is 18.1 Å². The fourth-order valence-corrected chi connectivity index (χ4v) is 4.42. The topological polar surface area (TPSA) is 67.0 Å². The number of methoxy groups -OCH3 is 1. The summed E-state index contributed by atoms with van der Waals surface area (Å²) in [6.07, 6.45) is -0.551. The van der Waals surface area contributed by atoms with Gasteiger partial charge in [-0.25, -0.2) is 9.78 Å². The Hall–Kier alpha value is -2.77. The molecule has 0 saturated carbocycles. The van der Waals surface area contributed by atoms with Crippen LogP contribution in [0.15, 0.2) is 63.7 Å². The summed E-state index contributed by atoms with van der Waals surface area (Å²) in [7, 11) is 1.32. The van der Waals surface area contributed by atoms with Gasteiger partial charge in [0.2, 0.25) is 5.95 Å². The molecule has 0 bridgehead atoms. The molecule has 0 aliphatic heterocycles. The summed E-state index contributed by atoms with van der Waals surface area (Å²) in [5.41, 5.74) is 4.17. The van der Waals surface area contributed by atoms with Crippen molar-refractivity contribution in [2.75, 3.05) is 12.4 Å². The van der Waals surface area contributed by atoms with E-state index in [1.54, 1.807) is 23.1 Å². The van der Waals surface area contributed by atoms with E-state index >= 15 is 0 Å². The lowest BCUT2D eigenvalue weighted by atomic mass is 10.2. The van der Waals surface area contributed by atoms with Gasteiger partial charge in [0.1, 0.15) is 0 Å². The Morgan fingerprint density at radius 1 is 1.15 bits per heavy atom. The van der Waals surface area contributed by atoms with Crippen LogP contribution in [0.2, 0.25) is 0 Å². The fourth-order valence-electron chi connectivity index (χ4n) is 2.66. The van der Waals surface area contributed by atoms with Gasteiger partial charge in [0.25, 0.3) is 0 Å². The van der Waals surface area contributed by atoms with E-state index in [1.807, 2.05) is 18.2 Å². The molecular weight excluding hydrogens is 378 g/mol. The number of fused-ring (bicyclic) bond motifs is 1. The quantitative estimate of drug-likeness (QED) is 0.449. The molecule has 0 aliphatic carbocycles. The van der Waals surface area contributed by atoms with Crippen molar-refractivity contribution in [3.05, 3.63) is 59.5 Å². The summed E-state index contributed by atoms with van der Waals surface area (Å²) < 4.78 is 4.58. The van der Waals surface area contributed by atoms with Crippen molar-refractivity contribution in [2.24, 2.45) is 0 Å².